The van der Waals surface area contributed by atoms with Crippen molar-refractivity contribution in [1.29, 1.82) is 0 Å². The molecule has 2 aromatic rings. The summed E-state index contributed by atoms with van der Waals surface area (Å²) in [5.41, 5.74) is 0.835. The van der Waals surface area contributed by atoms with Crippen molar-refractivity contribution < 1.29 is 32.6 Å². The molecule has 0 spiro atoms. The Hall–Kier alpha value is -2.85. The molecule has 0 bridgehead atoms. The second-order valence-electron chi connectivity index (χ2n) is 9.73. The summed E-state index contributed by atoms with van der Waals surface area (Å²) in [5, 5.41) is 8.82. The van der Waals surface area contributed by atoms with E-state index in [9.17, 15) is 18.0 Å². The molecule has 0 unspecified atom stereocenters. The van der Waals surface area contributed by atoms with Gasteiger partial charge in [0, 0.05) is 31.8 Å². The largest absolute Gasteiger partial charge is 0.481 e. The zero-order valence-corrected chi connectivity index (χ0v) is 22.2. The average molecular weight is 542 g/mol. The Morgan fingerprint density at radius 1 is 1.03 bits per heavy atom. The Kier molecular flexibility index (Phi) is 9.85. The molecule has 3 atom stereocenters. The number of allylic oxidation sites excluding steroid dienone is 2. The summed E-state index contributed by atoms with van der Waals surface area (Å²) in [6, 6.07) is 14.8. The highest BCUT2D eigenvalue weighted by Gasteiger charge is 2.45. The fraction of sp³-hybridized carbons (Fsp3) is 0.448. The summed E-state index contributed by atoms with van der Waals surface area (Å²) in [6.45, 7) is 2.90. The molecule has 4 rings (SSSR count). The van der Waals surface area contributed by atoms with Crippen LogP contribution in [-0.2, 0) is 35.5 Å². The van der Waals surface area contributed by atoms with Gasteiger partial charge < -0.3 is 14.6 Å². The maximum absolute atomic E-state index is 13.1. The maximum Gasteiger partial charge on any atom is 0.303 e. The quantitative estimate of drug-likeness (QED) is 0.318. The molecule has 0 aromatic heterocycles. The summed E-state index contributed by atoms with van der Waals surface area (Å²) in [7, 11) is -3.59. The van der Waals surface area contributed by atoms with Gasteiger partial charge in [0.15, 0.2) is 5.78 Å². The van der Waals surface area contributed by atoms with Crippen molar-refractivity contribution in [3.8, 4) is 0 Å². The third-order valence-electron chi connectivity index (χ3n) is 7.14. The van der Waals surface area contributed by atoms with Crippen molar-refractivity contribution in [3.05, 3.63) is 72.3 Å². The summed E-state index contributed by atoms with van der Waals surface area (Å²) in [4.78, 5) is 26.5. The predicted octanol–water partition coefficient (Wildman–Crippen LogP) is 3.90. The smallest absolute Gasteiger partial charge is 0.303 e. The first-order chi connectivity index (χ1) is 18.4. The molecule has 8 nitrogen and oxygen atoms in total. The van der Waals surface area contributed by atoms with Gasteiger partial charge in [-0.1, -0.05) is 42.5 Å². The van der Waals surface area contributed by atoms with Crippen LogP contribution in [0.2, 0.25) is 0 Å². The highest BCUT2D eigenvalue weighted by atomic mass is 32.2. The lowest BCUT2D eigenvalue weighted by atomic mass is 9.95. The average Bonchev–Trinajstić information content (AvgIpc) is 3.25. The van der Waals surface area contributed by atoms with Gasteiger partial charge in [0.2, 0.25) is 9.84 Å². The molecular weight excluding hydrogens is 506 g/mol. The van der Waals surface area contributed by atoms with E-state index in [4.69, 9.17) is 14.6 Å². The predicted molar refractivity (Wildman–Crippen MR) is 141 cm³/mol. The van der Waals surface area contributed by atoms with Gasteiger partial charge in [0.25, 0.3) is 0 Å². The molecule has 9 heteroatoms. The van der Waals surface area contributed by atoms with Gasteiger partial charge in [0.05, 0.1) is 41.8 Å². The number of benzene rings is 2. The van der Waals surface area contributed by atoms with Gasteiger partial charge in [-0.3, -0.25) is 14.5 Å². The van der Waals surface area contributed by atoms with Crippen LogP contribution in [0, 0.1) is 5.92 Å². The third-order valence-corrected chi connectivity index (χ3v) is 8.93. The van der Waals surface area contributed by atoms with Crippen LogP contribution in [0.4, 0.5) is 0 Å². The lowest BCUT2D eigenvalue weighted by molar-refractivity contribution is -0.137. The van der Waals surface area contributed by atoms with E-state index in [1.54, 1.807) is 54.6 Å². The normalized spacial score (nSPS) is 22.7. The van der Waals surface area contributed by atoms with Crippen LogP contribution in [0.25, 0.3) is 0 Å². The summed E-state index contributed by atoms with van der Waals surface area (Å²) >= 11 is 0. The van der Waals surface area contributed by atoms with E-state index < -0.39 is 15.8 Å². The van der Waals surface area contributed by atoms with Crippen molar-refractivity contribution in [2.24, 2.45) is 5.92 Å². The van der Waals surface area contributed by atoms with Gasteiger partial charge in [-0.2, -0.15) is 0 Å². The molecule has 2 fully saturated rings. The zero-order chi connectivity index (χ0) is 27.0. The number of ketones is 1. The third kappa shape index (κ3) is 7.17. The van der Waals surface area contributed by atoms with Gasteiger partial charge in [0.1, 0.15) is 0 Å². The Morgan fingerprint density at radius 2 is 1.71 bits per heavy atom. The van der Waals surface area contributed by atoms with Crippen LogP contribution in [0.15, 0.2) is 76.5 Å². The standard InChI is InChI=1S/C29H35NO7S/c31-26-20-27(25(10-6-1-2-7-11-28(32)33)29(26)30-16-18-36-19-17-30)37-21-22-12-14-24(15-13-22)38(34,35)23-8-4-3-5-9-23/h1,3-6,8-9,12-15,25,27,29H,2,7,10-11,16-21H2,(H,32,33)/t25-,27-,29+/m1/s1. The number of carboxylic acids is 1. The van der Waals surface area contributed by atoms with Crippen LogP contribution >= 0.6 is 0 Å². The second kappa shape index (κ2) is 13.3. The number of sulfone groups is 1. The minimum absolute atomic E-state index is 0.0194. The monoisotopic (exact) mass is 541 g/mol. The second-order valence-corrected chi connectivity index (χ2v) is 11.7. The highest BCUT2D eigenvalue weighted by molar-refractivity contribution is 7.91. The lowest BCUT2D eigenvalue weighted by Gasteiger charge is -2.35. The van der Waals surface area contributed by atoms with Crippen molar-refractivity contribution in [2.75, 3.05) is 26.3 Å². The SMILES string of the molecule is O=C(O)CCCC=CC[C@H]1[C@H](N2CCOCC2)C(=O)C[C@H]1OCc1ccc(S(=O)(=O)c2ccccc2)cc1. The first-order valence-corrected chi connectivity index (χ1v) is 14.6. The van der Waals surface area contributed by atoms with Crippen LogP contribution in [-0.4, -0.2) is 68.6 Å². The zero-order valence-electron chi connectivity index (χ0n) is 21.4. The first-order valence-electron chi connectivity index (χ1n) is 13.1. The number of carbonyl (C=O) groups excluding carboxylic acids is 1. The van der Waals surface area contributed by atoms with Crippen molar-refractivity contribution in [3.63, 3.8) is 0 Å². The molecule has 38 heavy (non-hydrogen) atoms. The highest BCUT2D eigenvalue weighted by Crippen LogP contribution is 2.34. The number of nitrogens with zero attached hydrogens (tertiary/aromatic N) is 1. The number of ether oxygens (including phenoxy) is 2. The minimum Gasteiger partial charge on any atom is -0.481 e. The molecule has 1 aliphatic heterocycles. The number of morpholine rings is 1. The molecule has 1 heterocycles. The van der Waals surface area contributed by atoms with Crippen molar-refractivity contribution >= 4 is 21.6 Å². The number of unbranched alkanes of at least 4 members (excludes halogenated alkanes) is 1. The Labute approximate surface area is 224 Å². The van der Waals surface area contributed by atoms with Crippen molar-refractivity contribution in [1.82, 2.24) is 4.90 Å². The van der Waals surface area contributed by atoms with Crippen LogP contribution in [0.5, 0.6) is 0 Å². The number of hydrogen-bond acceptors (Lipinski definition) is 7. The Bertz CT molecular complexity index is 1210. The number of Topliss-reactive ketones (excluding diaryl/α,β-unsaturated/α-hetero) is 1. The molecule has 0 radical (unpaired) electrons. The van der Waals surface area contributed by atoms with Crippen LogP contribution in [0.3, 0.4) is 0 Å². The van der Waals surface area contributed by atoms with E-state index in [0.717, 1.165) is 5.56 Å². The number of rotatable bonds is 12. The summed E-state index contributed by atoms with van der Waals surface area (Å²) in [5.74, 6) is -0.647. The van der Waals surface area contributed by atoms with E-state index in [-0.39, 0.29) is 46.7 Å². The number of carboxylic acid groups (broad SMARTS) is 1. The van der Waals surface area contributed by atoms with Crippen LogP contribution < -0.4 is 0 Å². The van der Waals surface area contributed by atoms with E-state index >= 15 is 0 Å². The summed E-state index contributed by atoms with van der Waals surface area (Å²) in [6.07, 6.45) is 6.17. The van der Waals surface area contributed by atoms with E-state index in [0.29, 0.717) is 52.0 Å². The molecule has 1 saturated carbocycles. The van der Waals surface area contributed by atoms with E-state index in [2.05, 4.69) is 4.90 Å². The van der Waals surface area contributed by atoms with E-state index in [1.165, 1.54) is 0 Å². The first kappa shape index (κ1) is 28.2. The number of aliphatic carboxylic acids is 1. The maximum atomic E-state index is 13.1. The molecule has 1 saturated heterocycles. The van der Waals surface area contributed by atoms with Crippen LogP contribution in [0.1, 0.15) is 37.7 Å². The molecule has 1 N–H and O–H groups in total. The van der Waals surface area contributed by atoms with Gasteiger partial charge >= 0.3 is 5.97 Å². The molecule has 0 amide bonds. The fourth-order valence-electron chi connectivity index (χ4n) is 5.15. The molecule has 2 aromatic carbocycles. The van der Waals surface area contributed by atoms with Gasteiger partial charge in [-0.25, -0.2) is 8.42 Å². The Morgan fingerprint density at radius 3 is 2.39 bits per heavy atom. The Balaban J connectivity index is 1.41. The number of carbonyl (C=O) groups is 2. The van der Waals surface area contributed by atoms with Gasteiger partial charge in [-0.15, -0.1) is 0 Å². The van der Waals surface area contributed by atoms with E-state index in [1.807, 2.05) is 12.2 Å². The topological polar surface area (TPSA) is 110 Å². The molecule has 2 aliphatic rings. The lowest BCUT2D eigenvalue weighted by Crippen LogP contribution is -2.49. The minimum atomic E-state index is -3.59. The molecule has 1 aliphatic carbocycles. The summed E-state index contributed by atoms with van der Waals surface area (Å²) < 4.78 is 37.5. The van der Waals surface area contributed by atoms with Gasteiger partial charge in [-0.05, 0) is 49.1 Å². The fourth-order valence-corrected chi connectivity index (χ4v) is 6.43. The molecule has 204 valence electrons. The number of hydrogen-bond donors (Lipinski definition) is 1. The molecular formula is C29H35NO7S. The van der Waals surface area contributed by atoms with Crippen molar-refractivity contribution in [2.45, 2.75) is 60.6 Å².